The lowest BCUT2D eigenvalue weighted by atomic mass is 10.1. The van der Waals surface area contributed by atoms with Crippen LogP contribution in [0.25, 0.3) is 0 Å². The summed E-state index contributed by atoms with van der Waals surface area (Å²) in [7, 11) is 5.78. The molecule has 0 unspecified atom stereocenters. The van der Waals surface area contributed by atoms with Gasteiger partial charge in [-0.1, -0.05) is 5.21 Å². The van der Waals surface area contributed by atoms with Crippen molar-refractivity contribution in [2.24, 2.45) is 7.05 Å². The second-order valence-electron chi connectivity index (χ2n) is 4.07. The number of carbonyl (C=O) groups is 1. The molecule has 2 heterocycles. The van der Waals surface area contributed by atoms with Crippen molar-refractivity contribution in [2.45, 2.75) is 6.04 Å². The Kier molecular flexibility index (Phi) is 2.44. The predicted octanol–water partition coefficient (Wildman–Crippen LogP) is -0.799. The Morgan fingerprint density at radius 3 is 2.67 bits per heavy atom. The fourth-order valence-electron chi connectivity index (χ4n) is 1.59. The summed E-state index contributed by atoms with van der Waals surface area (Å²) >= 11 is 0. The van der Waals surface area contributed by atoms with E-state index in [0.717, 1.165) is 13.1 Å². The lowest BCUT2D eigenvalue weighted by Crippen LogP contribution is -2.59. The highest BCUT2D eigenvalue weighted by Gasteiger charge is 2.33. The highest BCUT2D eigenvalue weighted by molar-refractivity contribution is 5.92. The van der Waals surface area contributed by atoms with Gasteiger partial charge in [0.2, 0.25) is 0 Å². The normalized spacial score (nSPS) is 16.9. The minimum atomic E-state index is 0.0144. The van der Waals surface area contributed by atoms with Gasteiger partial charge in [0.25, 0.3) is 5.91 Å². The first-order valence-corrected chi connectivity index (χ1v) is 4.90. The second kappa shape index (κ2) is 3.62. The number of rotatable bonds is 2. The van der Waals surface area contributed by atoms with Gasteiger partial charge in [-0.05, 0) is 14.1 Å². The third-order valence-electron chi connectivity index (χ3n) is 2.81. The van der Waals surface area contributed by atoms with Crippen molar-refractivity contribution in [1.29, 1.82) is 0 Å². The second-order valence-corrected chi connectivity index (χ2v) is 4.07. The quantitative estimate of drug-likeness (QED) is 0.640. The molecule has 6 nitrogen and oxygen atoms in total. The maximum absolute atomic E-state index is 11.9. The zero-order valence-corrected chi connectivity index (χ0v) is 9.21. The van der Waals surface area contributed by atoms with Crippen molar-refractivity contribution in [3.05, 3.63) is 11.9 Å². The molecule has 0 bridgehead atoms. The van der Waals surface area contributed by atoms with Crippen LogP contribution in [-0.4, -0.2) is 63.9 Å². The maximum Gasteiger partial charge on any atom is 0.273 e. The van der Waals surface area contributed by atoms with Crippen molar-refractivity contribution in [1.82, 2.24) is 24.8 Å². The van der Waals surface area contributed by atoms with E-state index in [0.29, 0.717) is 11.7 Å². The van der Waals surface area contributed by atoms with E-state index in [1.54, 1.807) is 7.05 Å². The first-order valence-electron chi connectivity index (χ1n) is 4.90. The highest BCUT2D eigenvalue weighted by Crippen LogP contribution is 2.15. The molecule has 1 aromatic heterocycles. The lowest BCUT2D eigenvalue weighted by molar-refractivity contribution is 0.0389. The van der Waals surface area contributed by atoms with Gasteiger partial charge in [-0.3, -0.25) is 4.79 Å². The van der Waals surface area contributed by atoms with Crippen LogP contribution in [0.2, 0.25) is 0 Å². The van der Waals surface area contributed by atoms with Crippen LogP contribution < -0.4 is 0 Å². The summed E-state index contributed by atoms with van der Waals surface area (Å²) < 4.78 is 1.51. The number of nitrogens with zero attached hydrogens (tertiary/aromatic N) is 5. The van der Waals surface area contributed by atoms with Gasteiger partial charge in [0.1, 0.15) is 5.69 Å². The predicted molar refractivity (Wildman–Crippen MR) is 54.4 cm³/mol. The van der Waals surface area contributed by atoms with Gasteiger partial charge in [0.15, 0.2) is 0 Å². The number of aryl methyl sites for hydroxylation is 1. The summed E-state index contributed by atoms with van der Waals surface area (Å²) in [5.74, 6) is 0.0144. The number of amides is 1. The number of carbonyl (C=O) groups excluding carboxylic acids is 1. The summed E-state index contributed by atoms with van der Waals surface area (Å²) in [5, 5.41) is 7.43. The minimum absolute atomic E-state index is 0.0144. The van der Waals surface area contributed by atoms with E-state index >= 15 is 0 Å². The molecular formula is C9H15N5O. The average Bonchev–Trinajstić information content (AvgIpc) is 2.47. The molecule has 0 atom stereocenters. The van der Waals surface area contributed by atoms with Crippen LogP contribution in [-0.2, 0) is 7.05 Å². The van der Waals surface area contributed by atoms with E-state index in [1.807, 2.05) is 19.0 Å². The molecule has 0 radical (unpaired) electrons. The van der Waals surface area contributed by atoms with Crippen LogP contribution in [0.15, 0.2) is 6.20 Å². The molecule has 6 heteroatoms. The SMILES string of the molecule is CN(C)C1CN(C(=O)c2cnnn2C)C1. The van der Waals surface area contributed by atoms with Crippen LogP contribution in [0.4, 0.5) is 0 Å². The van der Waals surface area contributed by atoms with Gasteiger partial charge in [0.05, 0.1) is 6.20 Å². The van der Waals surface area contributed by atoms with Crippen LogP contribution in [0.1, 0.15) is 10.5 Å². The van der Waals surface area contributed by atoms with E-state index in [1.165, 1.54) is 10.9 Å². The Morgan fingerprint density at radius 2 is 2.20 bits per heavy atom. The molecule has 1 fully saturated rings. The zero-order chi connectivity index (χ0) is 11.0. The number of likely N-dealkylation sites (N-methyl/N-ethyl adjacent to an activating group) is 1. The number of hydrogen-bond donors (Lipinski definition) is 0. The van der Waals surface area contributed by atoms with E-state index in [2.05, 4.69) is 15.2 Å². The summed E-state index contributed by atoms with van der Waals surface area (Å²) in [6.07, 6.45) is 1.51. The largest absolute Gasteiger partial charge is 0.334 e. The average molecular weight is 209 g/mol. The molecule has 0 aliphatic carbocycles. The van der Waals surface area contributed by atoms with Gasteiger partial charge in [-0.2, -0.15) is 0 Å². The Hall–Kier alpha value is -1.43. The van der Waals surface area contributed by atoms with Crippen molar-refractivity contribution in [3.8, 4) is 0 Å². The van der Waals surface area contributed by atoms with Gasteiger partial charge in [-0.15, -0.1) is 5.10 Å². The van der Waals surface area contributed by atoms with Crippen molar-refractivity contribution >= 4 is 5.91 Å². The summed E-state index contributed by atoms with van der Waals surface area (Å²) in [5.41, 5.74) is 0.548. The fraction of sp³-hybridized carbons (Fsp3) is 0.667. The van der Waals surface area contributed by atoms with E-state index < -0.39 is 0 Å². The lowest BCUT2D eigenvalue weighted by Gasteiger charge is -2.42. The topological polar surface area (TPSA) is 54.3 Å². The molecule has 1 aliphatic heterocycles. The number of aromatic nitrogens is 3. The van der Waals surface area contributed by atoms with E-state index in [-0.39, 0.29) is 5.91 Å². The molecule has 2 rings (SSSR count). The van der Waals surface area contributed by atoms with Gasteiger partial charge < -0.3 is 9.80 Å². The van der Waals surface area contributed by atoms with Crippen LogP contribution in [0.5, 0.6) is 0 Å². The minimum Gasteiger partial charge on any atom is -0.334 e. The van der Waals surface area contributed by atoms with Gasteiger partial charge in [-0.25, -0.2) is 4.68 Å². The monoisotopic (exact) mass is 209 g/mol. The molecule has 0 N–H and O–H groups in total. The third kappa shape index (κ3) is 1.72. The third-order valence-corrected chi connectivity index (χ3v) is 2.81. The Balaban J connectivity index is 1.98. The molecule has 0 saturated carbocycles. The van der Waals surface area contributed by atoms with Crippen molar-refractivity contribution < 1.29 is 4.79 Å². The summed E-state index contributed by atoms with van der Waals surface area (Å²) in [4.78, 5) is 15.8. The first kappa shape index (κ1) is 10.1. The van der Waals surface area contributed by atoms with Crippen molar-refractivity contribution in [2.75, 3.05) is 27.2 Å². The molecule has 1 aromatic rings. The number of likely N-dealkylation sites (tertiary alicyclic amines) is 1. The molecule has 0 aromatic carbocycles. The van der Waals surface area contributed by atoms with Crippen LogP contribution in [0, 0.1) is 0 Å². The molecule has 1 amide bonds. The smallest absolute Gasteiger partial charge is 0.273 e. The number of hydrogen-bond acceptors (Lipinski definition) is 4. The Morgan fingerprint density at radius 1 is 1.53 bits per heavy atom. The standard InChI is InChI=1S/C9H15N5O/c1-12(2)7-5-14(6-7)9(15)8-4-10-11-13(8)3/h4,7H,5-6H2,1-3H3. The summed E-state index contributed by atoms with van der Waals surface area (Å²) in [6.45, 7) is 1.58. The molecule has 0 spiro atoms. The van der Waals surface area contributed by atoms with Crippen molar-refractivity contribution in [3.63, 3.8) is 0 Å². The van der Waals surface area contributed by atoms with Gasteiger partial charge >= 0.3 is 0 Å². The van der Waals surface area contributed by atoms with Gasteiger partial charge in [0, 0.05) is 26.2 Å². The Labute approximate surface area is 88.5 Å². The van der Waals surface area contributed by atoms with E-state index in [4.69, 9.17) is 0 Å². The maximum atomic E-state index is 11.9. The molecular weight excluding hydrogens is 194 g/mol. The fourth-order valence-corrected chi connectivity index (χ4v) is 1.59. The Bertz CT molecular complexity index is 366. The highest BCUT2D eigenvalue weighted by atomic mass is 16.2. The molecule has 15 heavy (non-hydrogen) atoms. The van der Waals surface area contributed by atoms with E-state index in [9.17, 15) is 4.79 Å². The summed E-state index contributed by atoms with van der Waals surface area (Å²) in [6, 6.07) is 0.482. The molecule has 82 valence electrons. The first-order chi connectivity index (χ1) is 7.09. The molecule has 1 saturated heterocycles. The molecule has 1 aliphatic rings. The zero-order valence-electron chi connectivity index (χ0n) is 9.21. The van der Waals surface area contributed by atoms with Crippen LogP contribution in [0.3, 0.4) is 0 Å². The van der Waals surface area contributed by atoms with Crippen LogP contribution >= 0.6 is 0 Å².